The molecule has 4 nitrogen and oxygen atoms in total. The molecular formula is C29H44NaO4P. The molecule has 1 aliphatic carbocycles. The standard InChI is InChI=1S/C29H45O4P.Na/c1-25(2,3)20-13-14-29(23(17-20)28(10,11)12)18-19-15-21(26(4,5)6)16-22(27(7,8)9)24(19)32-34(30,31)33-29;/h13,15-17H,14,18H2,1-12H3,(H,30,31);/q;+1/p-1. The number of hydrogen-bond acceptors (Lipinski definition) is 4. The quantitative estimate of drug-likeness (QED) is 0.372. The number of benzene rings is 1. The maximum absolute atomic E-state index is 13.4. The summed E-state index contributed by atoms with van der Waals surface area (Å²) in [6.07, 6.45) is 5.26. The average molecular weight is 511 g/mol. The Hall–Kier alpha value is -0.350. The predicted octanol–water partition coefficient (Wildman–Crippen LogP) is 4.79. The molecule has 0 bridgehead atoms. The van der Waals surface area contributed by atoms with Gasteiger partial charge < -0.3 is 9.42 Å². The van der Waals surface area contributed by atoms with E-state index in [1.54, 1.807) is 0 Å². The van der Waals surface area contributed by atoms with Crippen LogP contribution in [0.3, 0.4) is 0 Å². The van der Waals surface area contributed by atoms with Crippen LogP contribution in [0.15, 0.2) is 35.4 Å². The van der Waals surface area contributed by atoms with Gasteiger partial charge in [-0.15, -0.1) is 0 Å². The van der Waals surface area contributed by atoms with Crippen molar-refractivity contribution in [3.8, 4) is 5.75 Å². The molecule has 1 aliphatic heterocycles. The van der Waals surface area contributed by atoms with E-state index in [-0.39, 0.29) is 51.2 Å². The van der Waals surface area contributed by atoms with E-state index in [0.29, 0.717) is 18.6 Å². The molecule has 0 saturated carbocycles. The zero-order chi connectivity index (χ0) is 26.1. The van der Waals surface area contributed by atoms with Crippen molar-refractivity contribution in [2.75, 3.05) is 0 Å². The van der Waals surface area contributed by atoms with Crippen LogP contribution < -0.4 is 39.0 Å². The zero-order valence-corrected chi connectivity index (χ0v) is 27.2. The van der Waals surface area contributed by atoms with Gasteiger partial charge in [0.05, 0.1) is 0 Å². The van der Waals surface area contributed by atoms with E-state index in [2.05, 4.69) is 107 Å². The third-order valence-electron chi connectivity index (χ3n) is 6.92. The molecular weight excluding hydrogens is 466 g/mol. The van der Waals surface area contributed by atoms with Gasteiger partial charge in [0.2, 0.25) is 0 Å². The minimum Gasteiger partial charge on any atom is -0.746 e. The number of phosphoric ester groups is 1. The van der Waals surface area contributed by atoms with E-state index in [0.717, 1.165) is 16.7 Å². The van der Waals surface area contributed by atoms with Crippen LogP contribution in [-0.2, 0) is 26.3 Å². The Morgan fingerprint density at radius 1 is 0.857 bits per heavy atom. The van der Waals surface area contributed by atoms with Crippen LogP contribution in [0.4, 0.5) is 0 Å². The second-order valence-electron chi connectivity index (χ2n) is 14.2. The van der Waals surface area contributed by atoms with Gasteiger partial charge in [-0.3, -0.25) is 9.09 Å². The molecule has 1 spiro atoms. The summed E-state index contributed by atoms with van der Waals surface area (Å²) in [7, 11) is -4.64. The minimum atomic E-state index is -4.64. The van der Waals surface area contributed by atoms with Crippen LogP contribution in [0.5, 0.6) is 5.75 Å². The topological polar surface area (TPSA) is 58.6 Å². The van der Waals surface area contributed by atoms with Crippen molar-refractivity contribution in [3.05, 3.63) is 52.1 Å². The number of allylic oxidation sites excluding steroid dienone is 2. The van der Waals surface area contributed by atoms with E-state index in [4.69, 9.17) is 9.05 Å². The second-order valence-corrected chi connectivity index (χ2v) is 15.5. The van der Waals surface area contributed by atoms with Crippen LogP contribution in [0.1, 0.15) is 106 Å². The first-order valence-electron chi connectivity index (χ1n) is 12.4. The first kappa shape index (κ1) is 30.9. The molecule has 0 radical (unpaired) electrons. The largest absolute Gasteiger partial charge is 1.00 e. The third kappa shape index (κ3) is 6.57. The summed E-state index contributed by atoms with van der Waals surface area (Å²) in [6, 6.07) is 4.24. The molecule has 0 saturated heterocycles. The van der Waals surface area contributed by atoms with Crippen molar-refractivity contribution >= 4 is 7.82 Å². The number of phosphoric acid groups is 1. The van der Waals surface area contributed by atoms with Crippen LogP contribution in [0.25, 0.3) is 0 Å². The van der Waals surface area contributed by atoms with Crippen molar-refractivity contribution in [2.45, 2.75) is 112 Å². The first-order chi connectivity index (χ1) is 15.1. The van der Waals surface area contributed by atoms with E-state index in [9.17, 15) is 9.46 Å². The van der Waals surface area contributed by atoms with Crippen LogP contribution in [-0.4, -0.2) is 5.60 Å². The molecule has 0 aromatic heterocycles. The Kier molecular flexibility index (Phi) is 8.32. The average Bonchev–Trinajstić information content (AvgIpc) is 2.69. The van der Waals surface area contributed by atoms with E-state index >= 15 is 0 Å². The van der Waals surface area contributed by atoms with Crippen LogP contribution in [0.2, 0.25) is 0 Å². The molecule has 1 aromatic carbocycles. The number of hydrogen-bond donors (Lipinski definition) is 0. The molecule has 2 aliphatic rings. The van der Waals surface area contributed by atoms with Crippen molar-refractivity contribution in [1.82, 2.24) is 0 Å². The molecule has 0 fully saturated rings. The van der Waals surface area contributed by atoms with Gasteiger partial charge in [0.1, 0.15) is 11.4 Å². The molecule has 6 heteroatoms. The van der Waals surface area contributed by atoms with Crippen LogP contribution >= 0.6 is 7.82 Å². The van der Waals surface area contributed by atoms with Crippen molar-refractivity contribution < 1.29 is 48.1 Å². The SMILES string of the molecule is CC(C)(C)C1=CCC2(Cc3cc(C(C)(C)C)cc(C(C)(C)C)c3OP(=O)([O-])O2)C(C(C)(C)C)=C1.[Na+]. The van der Waals surface area contributed by atoms with Gasteiger partial charge in [0, 0.05) is 12.0 Å². The summed E-state index contributed by atoms with van der Waals surface area (Å²) in [5, 5.41) is 0. The zero-order valence-electron chi connectivity index (χ0n) is 24.3. The Bertz CT molecular complexity index is 1090. The Labute approximate surface area is 235 Å². The van der Waals surface area contributed by atoms with Gasteiger partial charge >= 0.3 is 37.4 Å². The van der Waals surface area contributed by atoms with Gasteiger partial charge in [0.25, 0.3) is 0 Å². The van der Waals surface area contributed by atoms with Gasteiger partial charge in [0.15, 0.2) is 0 Å². The third-order valence-corrected chi connectivity index (χ3v) is 7.90. The summed E-state index contributed by atoms with van der Waals surface area (Å²) in [5.41, 5.74) is 3.43. The monoisotopic (exact) mass is 510 g/mol. The number of rotatable bonds is 0. The fourth-order valence-corrected chi connectivity index (χ4v) is 6.15. The van der Waals surface area contributed by atoms with Gasteiger partial charge in [-0.2, -0.15) is 0 Å². The fraction of sp³-hybridized carbons (Fsp3) is 0.655. The molecule has 2 atom stereocenters. The Morgan fingerprint density at radius 3 is 1.89 bits per heavy atom. The van der Waals surface area contributed by atoms with E-state index in [1.165, 1.54) is 11.1 Å². The summed E-state index contributed by atoms with van der Waals surface area (Å²) in [5.74, 6) is 0.439. The summed E-state index contributed by atoms with van der Waals surface area (Å²) in [4.78, 5) is 13.4. The minimum absolute atomic E-state index is 0. The predicted molar refractivity (Wildman–Crippen MR) is 139 cm³/mol. The van der Waals surface area contributed by atoms with Crippen molar-refractivity contribution in [1.29, 1.82) is 0 Å². The van der Waals surface area contributed by atoms with Crippen LogP contribution in [0, 0.1) is 10.8 Å². The Morgan fingerprint density at radius 2 is 1.43 bits per heavy atom. The van der Waals surface area contributed by atoms with Gasteiger partial charge in [-0.05, 0) is 50.4 Å². The summed E-state index contributed by atoms with van der Waals surface area (Å²) < 4.78 is 25.2. The van der Waals surface area contributed by atoms with Gasteiger partial charge in [-0.25, -0.2) is 0 Å². The molecule has 35 heavy (non-hydrogen) atoms. The normalized spacial score (nSPS) is 25.6. The first-order valence-corrected chi connectivity index (χ1v) is 13.8. The van der Waals surface area contributed by atoms with Crippen molar-refractivity contribution in [2.24, 2.45) is 10.8 Å². The maximum Gasteiger partial charge on any atom is 1.00 e. The Balaban J connectivity index is 0.00000432. The molecule has 2 unspecified atom stereocenters. The van der Waals surface area contributed by atoms with Gasteiger partial charge in [-0.1, -0.05) is 107 Å². The van der Waals surface area contributed by atoms with Crippen molar-refractivity contribution in [3.63, 3.8) is 0 Å². The maximum atomic E-state index is 13.4. The smallest absolute Gasteiger partial charge is 0.746 e. The number of fused-ring (bicyclic) bond motifs is 1. The molecule has 1 heterocycles. The summed E-state index contributed by atoms with van der Waals surface area (Å²) >= 11 is 0. The molecule has 3 rings (SSSR count). The second kappa shape index (κ2) is 9.44. The molecule has 0 N–H and O–H groups in total. The van der Waals surface area contributed by atoms with E-state index in [1.807, 2.05) is 0 Å². The molecule has 190 valence electrons. The molecule has 1 aromatic rings. The fourth-order valence-electron chi connectivity index (χ4n) is 5.01. The van der Waals surface area contributed by atoms with E-state index < -0.39 is 13.4 Å². The molecule has 0 amide bonds. The summed E-state index contributed by atoms with van der Waals surface area (Å²) in [6.45, 7) is 25.8.